The van der Waals surface area contributed by atoms with Gasteiger partial charge in [-0.05, 0) is 17.5 Å². The zero-order valence-electron chi connectivity index (χ0n) is 13.3. The second kappa shape index (κ2) is 6.84. The molecule has 0 unspecified atom stereocenters. The lowest BCUT2D eigenvalue weighted by molar-refractivity contribution is -0.403. The van der Waals surface area contributed by atoms with Crippen molar-refractivity contribution in [3.63, 3.8) is 0 Å². The first-order valence-electron chi connectivity index (χ1n) is 7.98. The Morgan fingerprint density at radius 3 is 2.38 bits per heavy atom. The van der Waals surface area contributed by atoms with Gasteiger partial charge in [0.15, 0.2) is 0 Å². The van der Waals surface area contributed by atoms with Crippen LogP contribution in [-0.4, -0.2) is 28.1 Å². The SMILES string of the molecule is O=[N+]([O-])/C=C\N1CC[C@H](c2ccccc2)[C@@]1(CO)c1ccccc1. The van der Waals surface area contributed by atoms with E-state index in [1.807, 2.05) is 53.4 Å². The number of nitrogens with zero attached hydrogens (tertiary/aromatic N) is 2. The summed E-state index contributed by atoms with van der Waals surface area (Å²) in [4.78, 5) is 12.2. The van der Waals surface area contributed by atoms with E-state index in [1.54, 1.807) is 0 Å². The van der Waals surface area contributed by atoms with Gasteiger partial charge in [0.05, 0.1) is 23.3 Å². The second-order valence-corrected chi connectivity index (χ2v) is 5.98. The van der Waals surface area contributed by atoms with E-state index in [0.717, 1.165) is 23.7 Å². The quantitative estimate of drug-likeness (QED) is 0.678. The summed E-state index contributed by atoms with van der Waals surface area (Å²) >= 11 is 0. The van der Waals surface area contributed by atoms with E-state index in [2.05, 4.69) is 12.1 Å². The van der Waals surface area contributed by atoms with Crippen molar-refractivity contribution >= 4 is 0 Å². The molecular weight excluding hydrogens is 304 g/mol. The zero-order chi connectivity index (χ0) is 17.0. The van der Waals surface area contributed by atoms with E-state index in [-0.39, 0.29) is 12.5 Å². The van der Waals surface area contributed by atoms with Gasteiger partial charge in [0.1, 0.15) is 0 Å². The molecule has 124 valence electrons. The van der Waals surface area contributed by atoms with Crippen LogP contribution in [0.25, 0.3) is 0 Å². The summed E-state index contributed by atoms with van der Waals surface area (Å²) in [5.41, 5.74) is 1.40. The third kappa shape index (κ3) is 2.78. The highest BCUT2D eigenvalue weighted by atomic mass is 16.6. The fourth-order valence-electron chi connectivity index (χ4n) is 3.76. The van der Waals surface area contributed by atoms with Crippen LogP contribution >= 0.6 is 0 Å². The summed E-state index contributed by atoms with van der Waals surface area (Å²) in [6.07, 6.45) is 3.26. The van der Waals surface area contributed by atoms with Crippen LogP contribution in [0.5, 0.6) is 0 Å². The molecule has 0 aliphatic carbocycles. The monoisotopic (exact) mass is 324 g/mol. The molecule has 0 amide bonds. The van der Waals surface area contributed by atoms with Crippen molar-refractivity contribution in [1.29, 1.82) is 0 Å². The van der Waals surface area contributed by atoms with Gasteiger partial charge in [-0.25, -0.2) is 0 Å². The van der Waals surface area contributed by atoms with Gasteiger partial charge in [0, 0.05) is 12.5 Å². The van der Waals surface area contributed by atoms with Crippen molar-refractivity contribution in [3.8, 4) is 0 Å². The Bertz CT molecular complexity index is 718. The summed E-state index contributed by atoms with van der Waals surface area (Å²) in [6.45, 7) is 0.540. The zero-order valence-corrected chi connectivity index (χ0v) is 13.3. The van der Waals surface area contributed by atoms with Gasteiger partial charge in [-0.3, -0.25) is 10.1 Å². The maximum Gasteiger partial charge on any atom is 0.250 e. The number of aliphatic hydroxyl groups is 1. The Balaban J connectivity index is 2.11. The van der Waals surface area contributed by atoms with Gasteiger partial charge < -0.3 is 10.0 Å². The third-order valence-corrected chi connectivity index (χ3v) is 4.83. The number of nitro groups is 1. The molecule has 0 radical (unpaired) electrons. The highest BCUT2D eigenvalue weighted by Crippen LogP contribution is 2.49. The molecule has 1 aliphatic heterocycles. The van der Waals surface area contributed by atoms with Crippen LogP contribution in [0, 0.1) is 10.1 Å². The maximum atomic E-state index is 10.8. The fraction of sp³-hybridized carbons (Fsp3) is 0.263. The first-order chi connectivity index (χ1) is 11.7. The van der Waals surface area contributed by atoms with E-state index < -0.39 is 10.5 Å². The molecule has 2 aromatic rings. The van der Waals surface area contributed by atoms with Crippen LogP contribution in [0.4, 0.5) is 0 Å². The normalized spacial score (nSPS) is 23.7. The number of hydrogen-bond acceptors (Lipinski definition) is 4. The lowest BCUT2D eigenvalue weighted by Crippen LogP contribution is -2.45. The highest BCUT2D eigenvalue weighted by Gasteiger charge is 2.49. The molecular formula is C19H20N2O3. The Morgan fingerprint density at radius 1 is 1.17 bits per heavy atom. The molecule has 1 fully saturated rings. The van der Waals surface area contributed by atoms with E-state index in [0.29, 0.717) is 6.54 Å². The molecule has 2 aromatic carbocycles. The number of aliphatic hydroxyl groups excluding tert-OH is 1. The van der Waals surface area contributed by atoms with Crippen LogP contribution in [0.3, 0.4) is 0 Å². The molecule has 5 nitrogen and oxygen atoms in total. The van der Waals surface area contributed by atoms with Crippen molar-refractivity contribution in [2.45, 2.75) is 17.9 Å². The predicted octanol–water partition coefficient (Wildman–Crippen LogP) is 3.11. The Kier molecular flexibility index (Phi) is 4.62. The topological polar surface area (TPSA) is 66.6 Å². The highest BCUT2D eigenvalue weighted by molar-refractivity contribution is 5.36. The van der Waals surface area contributed by atoms with Gasteiger partial charge in [-0.2, -0.15) is 0 Å². The first kappa shape index (κ1) is 16.2. The van der Waals surface area contributed by atoms with Gasteiger partial charge >= 0.3 is 0 Å². The second-order valence-electron chi connectivity index (χ2n) is 5.98. The Hall–Kier alpha value is -2.66. The molecule has 1 heterocycles. The number of rotatable bonds is 5. The third-order valence-electron chi connectivity index (χ3n) is 4.83. The largest absolute Gasteiger partial charge is 0.394 e. The molecule has 5 heteroatoms. The summed E-state index contributed by atoms with van der Waals surface area (Å²) in [6, 6.07) is 19.8. The lowest BCUT2D eigenvalue weighted by atomic mass is 9.75. The molecule has 3 rings (SSSR count). The van der Waals surface area contributed by atoms with Crippen LogP contribution in [0.15, 0.2) is 73.1 Å². The van der Waals surface area contributed by atoms with Gasteiger partial charge in [0.2, 0.25) is 6.20 Å². The lowest BCUT2D eigenvalue weighted by Gasteiger charge is -2.41. The molecule has 0 saturated carbocycles. The Labute approximate surface area is 141 Å². The average molecular weight is 324 g/mol. The molecule has 0 spiro atoms. The van der Waals surface area contributed by atoms with Crippen LogP contribution in [0.2, 0.25) is 0 Å². The van der Waals surface area contributed by atoms with Crippen molar-refractivity contribution in [2.24, 2.45) is 0 Å². The van der Waals surface area contributed by atoms with Gasteiger partial charge in [-0.15, -0.1) is 0 Å². The minimum Gasteiger partial charge on any atom is -0.394 e. The number of hydrogen-bond donors (Lipinski definition) is 1. The number of benzene rings is 2. The summed E-state index contributed by atoms with van der Waals surface area (Å²) < 4.78 is 0. The van der Waals surface area contributed by atoms with Gasteiger partial charge in [0.25, 0.3) is 0 Å². The maximum absolute atomic E-state index is 10.8. The van der Waals surface area contributed by atoms with Crippen LogP contribution in [0.1, 0.15) is 23.5 Å². The van der Waals surface area contributed by atoms with Gasteiger partial charge in [-0.1, -0.05) is 60.7 Å². The molecule has 1 N–H and O–H groups in total. The molecule has 2 atom stereocenters. The summed E-state index contributed by atoms with van der Waals surface area (Å²) in [5, 5.41) is 21.2. The first-order valence-corrected chi connectivity index (χ1v) is 7.98. The van der Waals surface area contributed by atoms with E-state index in [9.17, 15) is 15.2 Å². The van der Waals surface area contributed by atoms with Crippen LogP contribution in [-0.2, 0) is 5.54 Å². The van der Waals surface area contributed by atoms with Crippen molar-refractivity contribution in [2.75, 3.05) is 13.2 Å². The summed E-state index contributed by atoms with van der Waals surface area (Å²) in [7, 11) is 0. The van der Waals surface area contributed by atoms with Crippen molar-refractivity contribution in [3.05, 3.63) is 94.3 Å². The summed E-state index contributed by atoms with van der Waals surface area (Å²) in [5.74, 6) is 0.0579. The van der Waals surface area contributed by atoms with Crippen molar-refractivity contribution < 1.29 is 10.0 Å². The number of likely N-dealkylation sites (tertiary alicyclic amines) is 1. The van der Waals surface area contributed by atoms with Crippen molar-refractivity contribution in [1.82, 2.24) is 4.90 Å². The molecule has 24 heavy (non-hydrogen) atoms. The minimum absolute atomic E-state index is 0.0579. The smallest absolute Gasteiger partial charge is 0.250 e. The molecule has 0 bridgehead atoms. The van der Waals surface area contributed by atoms with Crippen LogP contribution < -0.4 is 0 Å². The average Bonchev–Trinajstić information content (AvgIpc) is 3.01. The fourth-order valence-corrected chi connectivity index (χ4v) is 3.76. The standard InChI is InChI=1S/C19H20N2O3/c22-15-19(17-9-5-2-6-10-17)18(16-7-3-1-4-8-16)11-12-20(19)13-14-21(23)24/h1-10,13-14,18,22H,11-12,15H2/b14-13-/t18-,19-/m1/s1. The van der Waals surface area contributed by atoms with E-state index in [4.69, 9.17) is 0 Å². The molecule has 1 saturated heterocycles. The Morgan fingerprint density at radius 2 is 1.79 bits per heavy atom. The predicted molar refractivity (Wildman–Crippen MR) is 91.8 cm³/mol. The molecule has 0 aromatic heterocycles. The minimum atomic E-state index is -0.699. The molecule has 1 aliphatic rings. The van der Waals surface area contributed by atoms with E-state index in [1.165, 1.54) is 6.20 Å². The van der Waals surface area contributed by atoms with E-state index >= 15 is 0 Å².